The van der Waals surface area contributed by atoms with E-state index >= 15 is 0 Å². The third-order valence-electron chi connectivity index (χ3n) is 4.43. The monoisotopic (exact) mass is 380 g/mol. The maximum absolute atomic E-state index is 14.3. The molecule has 2 aromatic carbocycles. The molecule has 0 radical (unpaired) electrons. The summed E-state index contributed by atoms with van der Waals surface area (Å²) in [6.45, 7) is 2.26. The van der Waals surface area contributed by atoms with Gasteiger partial charge in [-0.25, -0.2) is 14.3 Å². The molecule has 26 heavy (non-hydrogen) atoms. The van der Waals surface area contributed by atoms with E-state index in [2.05, 4.69) is 10.8 Å². The molecule has 2 aromatic rings. The van der Waals surface area contributed by atoms with Crippen molar-refractivity contribution in [3.63, 3.8) is 0 Å². The standard InChI is InChI=1S/C19H19ClF2N2O2/c1-11-5-8-16(14(20)9-11)23-18-13(6-7-15(21)17(18)22)19(25)24-26-10-12-3-2-4-12/h5-9,12,23H,2-4,10H2,1H3,(H,24,25). The van der Waals surface area contributed by atoms with Crippen LogP contribution in [0.1, 0.15) is 35.2 Å². The van der Waals surface area contributed by atoms with Crippen LogP contribution in [0.15, 0.2) is 30.3 Å². The number of hydroxylamine groups is 1. The van der Waals surface area contributed by atoms with Crippen molar-refractivity contribution in [2.24, 2.45) is 5.92 Å². The van der Waals surface area contributed by atoms with Crippen molar-refractivity contribution >= 4 is 28.9 Å². The van der Waals surface area contributed by atoms with Crippen LogP contribution in [0, 0.1) is 24.5 Å². The smallest absolute Gasteiger partial charge is 0.277 e. The van der Waals surface area contributed by atoms with E-state index in [1.165, 1.54) is 6.07 Å². The lowest BCUT2D eigenvalue weighted by molar-refractivity contribution is 0.00322. The first-order chi connectivity index (χ1) is 12.5. The van der Waals surface area contributed by atoms with Gasteiger partial charge in [-0.2, -0.15) is 0 Å². The van der Waals surface area contributed by atoms with E-state index in [9.17, 15) is 13.6 Å². The van der Waals surface area contributed by atoms with E-state index in [4.69, 9.17) is 16.4 Å². The van der Waals surface area contributed by atoms with Gasteiger partial charge in [0.05, 0.1) is 28.6 Å². The van der Waals surface area contributed by atoms with Crippen molar-refractivity contribution in [2.75, 3.05) is 11.9 Å². The summed E-state index contributed by atoms with van der Waals surface area (Å²) in [5.41, 5.74) is 3.21. The second-order valence-corrected chi connectivity index (χ2v) is 6.84. The molecule has 1 saturated carbocycles. The Morgan fingerprint density at radius 2 is 2.04 bits per heavy atom. The van der Waals surface area contributed by atoms with Gasteiger partial charge < -0.3 is 5.32 Å². The van der Waals surface area contributed by atoms with Crippen LogP contribution in [0.3, 0.4) is 0 Å². The van der Waals surface area contributed by atoms with Crippen molar-refractivity contribution in [1.82, 2.24) is 5.48 Å². The van der Waals surface area contributed by atoms with Gasteiger partial charge in [0.1, 0.15) is 0 Å². The molecule has 0 aromatic heterocycles. The first kappa shape index (κ1) is 18.6. The predicted molar refractivity (Wildman–Crippen MR) is 96.6 cm³/mol. The third kappa shape index (κ3) is 4.14. The predicted octanol–water partition coefficient (Wildman–Crippen LogP) is 5.13. The van der Waals surface area contributed by atoms with Gasteiger partial charge in [-0.05, 0) is 55.5 Å². The second-order valence-electron chi connectivity index (χ2n) is 6.43. The molecule has 2 N–H and O–H groups in total. The molecule has 4 nitrogen and oxygen atoms in total. The van der Waals surface area contributed by atoms with Crippen LogP contribution in [0.4, 0.5) is 20.2 Å². The highest BCUT2D eigenvalue weighted by Crippen LogP contribution is 2.31. The molecule has 1 amide bonds. The van der Waals surface area contributed by atoms with Crippen LogP contribution in [0.2, 0.25) is 5.02 Å². The summed E-state index contributed by atoms with van der Waals surface area (Å²) < 4.78 is 28.0. The number of amides is 1. The summed E-state index contributed by atoms with van der Waals surface area (Å²) in [6.07, 6.45) is 3.30. The molecular formula is C19H19ClF2N2O2. The highest BCUT2D eigenvalue weighted by Gasteiger charge is 2.21. The number of anilines is 2. The molecule has 0 unspecified atom stereocenters. The first-order valence-electron chi connectivity index (χ1n) is 8.39. The zero-order chi connectivity index (χ0) is 18.7. The molecule has 7 heteroatoms. The van der Waals surface area contributed by atoms with Gasteiger partial charge in [0, 0.05) is 0 Å². The molecular weight excluding hydrogens is 362 g/mol. The zero-order valence-corrected chi connectivity index (χ0v) is 15.0. The lowest BCUT2D eigenvalue weighted by Crippen LogP contribution is -2.29. The molecule has 1 aliphatic rings. The fourth-order valence-electron chi connectivity index (χ4n) is 2.66. The fourth-order valence-corrected chi connectivity index (χ4v) is 2.94. The maximum atomic E-state index is 14.3. The van der Waals surface area contributed by atoms with Crippen molar-refractivity contribution in [1.29, 1.82) is 0 Å². The van der Waals surface area contributed by atoms with Gasteiger partial charge in [-0.3, -0.25) is 9.63 Å². The summed E-state index contributed by atoms with van der Waals surface area (Å²) in [5.74, 6) is -2.45. The number of hydrogen-bond donors (Lipinski definition) is 2. The van der Waals surface area contributed by atoms with Gasteiger partial charge in [0.25, 0.3) is 5.91 Å². The van der Waals surface area contributed by atoms with Crippen molar-refractivity contribution in [3.05, 3.63) is 58.1 Å². The second kappa shape index (κ2) is 8.01. The Labute approximate surface area is 155 Å². The van der Waals surface area contributed by atoms with E-state index in [1.54, 1.807) is 18.2 Å². The Morgan fingerprint density at radius 1 is 1.27 bits per heavy atom. The van der Waals surface area contributed by atoms with Gasteiger partial charge in [-0.15, -0.1) is 0 Å². The summed E-state index contributed by atoms with van der Waals surface area (Å²) in [5, 5.41) is 3.05. The van der Waals surface area contributed by atoms with E-state index in [0.29, 0.717) is 23.2 Å². The van der Waals surface area contributed by atoms with Crippen LogP contribution < -0.4 is 10.8 Å². The molecule has 0 atom stereocenters. The van der Waals surface area contributed by atoms with Crippen LogP contribution in [-0.4, -0.2) is 12.5 Å². The Bertz CT molecular complexity index is 825. The van der Waals surface area contributed by atoms with Crippen molar-refractivity contribution < 1.29 is 18.4 Å². The fraction of sp³-hybridized carbons (Fsp3) is 0.316. The largest absolute Gasteiger partial charge is 0.351 e. The number of benzene rings is 2. The molecule has 0 aliphatic heterocycles. The SMILES string of the molecule is Cc1ccc(Nc2c(C(=O)NOCC3CCC3)ccc(F)c2F)c(Cl)c1. The van der Waals surface area contributed by atoms with Crippen LogP contribution >= 0.6 is 11.6 Å². The Morgan fingerprint density at radius 3 is 2.69 bits per heavy atom. The third-order valence-corrected chi connectivity index (χ3v) is 4.75. The number of halogens is 3. The molecule has 1 aliphatic carbocycles. The van der Waals surface area contributed by atoms with E-state index in [0.717, 1.165) is 30.9 Å². The van der Waals surface area contributed by atoms with Crippen molar-refractivity contribution in [3.8, 4) is 0 Å². The average molecular weight is 381 g/mol. The minimum absolute atomic E-state index is 0.0749. The number of hydrogen-bond acceptors (Lipinski definition) is 3. The summed E-state index contributed by atoms with van der Waals surface area (Å²) >= 11 is 6.14. The molecule has 0 heterocycles. The van der Waals surface area contributed by atoms with Gasteiger partial charge in [0.2, 0.25) is 0 Å². The summed E-state index contributed by atoms with van der Waals surface area (Å²) in [6, 6.07) is 7.19. The van der Waals surface area contributed by atoms with E-state index in [-0.39, 0.29) is 11.3 Å². The van der Waals surface area contributed by atoms with Crippen molar-refractivity contribution in [2.45, 2.75) is 26.2 Å². The van der Waals surface area contributed by atoms with Gasteiger partial charge in [-0.1, -0.05) is 24.1 Å². The normalized spacial score (nSPS) is 14.0. The number of carbonyl (C=O) groups excluding carboxylic acids is 1. The minimum Gasteiger partial charge on any atom is -0.351 e. The maximum Gasteiger partial charge on any atom is 0.277 e. The number of aryl methyl sites for hydroxylation is 1. The first-order valence-corrected chi connectivity index (χ1v) is 8.77. The minimum atomic E-state index is -1.16. The van der Waals surface area contributed by atoms with E-state index in [1.807, 2.05) is 6.92 Å². The van der Waals surface area contributed by atoms with E-state index < -0.39 is 17.5 Å². The van der Waals surface area contributed by atoms with Crippen LogP contribution in [0.5, 0.6) is 0 Å². The van der Waals surface area contributed by atoms with Crippen LogP contribution in [0.25, 0.3) is 0 Å². The molecule has 0 spiro atoms. The number of carbonyl (C=O) groups is 1. The Hall–Kier alpha value is -2.18. The molecule has 138 valence electrons. The molecule has 0 saturated heterocycles. The Kier molecular flexibility index (Phi) is 5.74. The van der Waals surface area contributed by atoms with Gasteiger partial charge in [0.15, 0.2) is 11.6 Å². The Balaban J connectivity index is 1.80. The van der Waals surface area contributed by atoms with Crippen LogP contribution in [-0.2, 0) is 4.84 Å². The zero-order valence-electron chi connectivity index (χ0n) is 14.2. The number of nitrogens with one attached hydrogen (secondary N) is 2. The molecule has 3 rings (SSSR count). The lowest BCUT2D eigenvalue weighted by atomic mass is 9.86. The average Bonchev–Trinajstić information content (AvgIpc) is 2.56. The summed E-state index contributed by atoms with van der Waals surface area (Å²) in [4.78, 5) is 17.5. The molecule has 1 fully saturated rings. The van der Waals surface area contributed by atoms with Gasteiger partial charge >= 0.3 is 0 Å². The molecule has 0 bridgehead atoms. The summed E-state index contributed by atoms with van der Waals surface area (Å²) in [7, 11) is 0. The highest BCUT2D eigenvalue weighted by atomic mass is 35.5. The lowest BCUT2D eigenvalue weighted by Gasteiger charge is -2.24. The topological polar surface area (TPSA) is 50.4 Å². The highest BCUT2D eigenvalue weighted by molar-refractivity contribution is 6.33. The quantitative estimate of drug-likeness (QED) is 0.683. The number of rotatable bonds is 6.